The lowest BCUT2D eigenvalue weighted by Crippen LogP contribution is -2.36. The number of anilines is 3. The fourth-order valence-electron chi connectivity index (χ4n) is 4.14. The number of nitrogens with zero attached hydrogens (tertiary/aromatic N) is 5. The number of fused-ring (bicyclic) bond motifs is 1. The van der Waals surface area contributed by atoms with Gasteiger partial charge >= 0.3 is 0 Å². The van der Waals surface area contributed by atoms with Crippen LogP contribution in [0.1, 0.15) is 29.1 Å². The molecule has 30 heavy (non-hydrogen) atoms. The molecule has 0 atom stereocenters. The first-order chi connectivity index (χ1) is 14.7. The van der Waals surface area contributed by atoms with Crippen molar-refractivity contribution in [1.82, 2.24) is 19.9 Å². The molecule has 0 amide bonds. The number of aryl methyl sites for hydroxylation is 2. The summed E-state index contributed by atoms with van der Waals surface area (Å²) < 4.78 is 5.47. The molecule has 2 fully saturated rings. The Morgan fingerprint density at radius 2 is 1.87 bits per heavy atom. The number of aromatic nitrogens is 3. The van der Waals surface area contributed by atoms with Crippen molar-refractivity contribution in [2.75, 3.05) is 49.6 Å². The zero-order valence-electron chi connectivity index (χ0n) is 17.6. The van der Waals surface area contributed by atoms with Gasteiger partial charge in [-0.1, -0.05) is 0 Å². The van der Waals surface area contributed by atoms with Crippen LogP contribution in [-0.2, 0) is 11.3 Å². The molecule has 1 N–H and O–H groups in total. The highest BCUT2D eigenvalue weighted by molar-refractivity contribution is 7.18. The van der Waals surface area contributed by atoms with Crippen molar-refractivity contribution in [2.24, 2.45) is 0 Å². The third kappa shape index (κ3) is 3.99. The summed E-state index contributed by atoms with van der Waals surface area (Å²) in [5, 5.41) is 4.65. The molecular formula is C22H28N6OS. The van der Waals surface area contributed by atoms with E-state index in [0.29, 0.717) is 0 Å². The molecule has 0 unspecified atom stereocenters. The number of hydrogen-bond acceptors (Lipinski definition) is 8. The number of rotatable bonds is 5. The quantitative estimate of drug-likeness (QED) is 0.667. The molecular weight excluding hydrogens is 396 g/mol. The molecule has 7 nitrogen and oxygen atoms in total. The van der Waals surface area contributed by atoms with Crippen LogP contribution in [0.2, 0.25) is 0 Å². The molecule has 3 aromatic rings. The standard InChI is InChI=1S/C22H28N6OS/c1-15-16(2)30-22-20(15)21(25-18(26-22)14-27-9-11-29-12-10-27)24-17-5-6-19(23-13-17)28-7-3-4-8-28/h5-6,13H,3-4,7-12,14H2,1-2H3,(H,24,25,26). The number of nitrogens with one attached hydrogen (secondary N) is 1. The lowest BCUT2D eigenvalue weighted by Gasteiger charge is -2.25. The van der Waals surface area contributed by atoms with Gasteiger partial charge in [0.05, 0.1) is 37.0 Å². The third-order valence-corrected chi connectivity index (χ3v) is 7.09. The van der Waals surface area contributed by atoms with Crippen molar-refractivity contribution in [3.63, 3.8) is 0 Å². The Morgan fingerprint density at radius 1 is 1.07 bits per heavy atom. The van der Waals surface area contributed by atoms with Gasteiger partial charge in [0.25, 0.3) is 0 Å². The van der Waals surface area contributed by atoms with E-state index in [1.165, 1.54) is 23.3 Å². The Kier molecular flexibility index (Phi) is 5.54. The zero-order chi connectivity index (χ0) is 20.5. The summed E-state index contributed by atoms with van der Waals surface area (Å²) in [7, 11) is 0. The van der Waals surface area contributed by atoms with E-state index in [1.807, 2.05) is 6.20 Å². The van der Waals surface area contributed by atoms with Gasteiger partial charge in [-0.05, 0) is 44.4 Å². The van der Waals surface area contributed by atoms with E-state index in [-0.39, 0.29) is 0 Å². The molecule has 0 spiro atoms. The molecule has 0 aromatic carbocycles. The minimum Gasteiger partial charge on any atom is -0.379 e. The van der Waals surface area contributed by atoms with Gasteiger partial charge in [-0.25, -0.2) is 15.0 Å². The van der Waals surface area contributed by atoms with E-state index < -0.39 is 0 Å². The minimum absolute atomic E-state index is 0.746. The summed E-state index contributed by atoms with van der Waals surface area (Å²) in [6.07, 6.45) is 4.42. The highest BCUT2D eigenvalue weighted by atomic mass is 32.1. The minimum atomic E-state index is 0.746. The van der Waals surface area contributed by atoms with Gasteiger partial charge in [0, 0.05) is 31.1 Å². The topological polar surface area (TPSA) is 66.4 Å². The zero-order valence-corrected chi connectivity index (χ0v) is 18.5. The summed E-state index contributed by atoms with van der Waals surface area (Å²) in [4.78, 5) is 21.5. The first-order valence-electron chi connectivity index (χ1n) is 10.7. The van der Waals surface area contributed by atoms with Gasteiger partial charge in [-0.2, -0.15) is 0 Å². The lowest BCUT2D eigenvalue weighted by molar-refractivity contribution is 0.0331. The molecule has 0 aliphatic carbocycles. The van der Waals surface area contributed by atoms with Crippen LogP contribution in [0.4, 0.5) is 17.3 Å². The molecule has 5 heterocycles. The van der Waals surface area contributed by atoms with Gasteiger partial charge < -0.3 is 15.0 Å². The highest BCUT2D eigenvalue weighted by Crippen LogP contribution is 2.35. The average molecular weight is 425 g/mol. The second-order valence-corrected chi connectivity index (χ2v) is 9.27. The molecule has 0 radical (unpaired) electrons. The van der Waals surface area contributed by atoms with Gasteiger partial charge in [-0.15, -0.1) is 11.3 Å². The van der Waals surface area contributed by atoms with Crippen LogP contribution in [0, 0.1) is 13.8 Å². The fourth-order valence-corrected chi connectivity index (χ4v) is 5.19. The summed E-state index contributed by atoms with van der Waals surface area (Å²) in [5.41, 5.74) is 2.20. The number of morpholine rings is 1. The first-order valence-corrected chi connectivity index (χ1v) is 11.5. The second kappa shape index (κ2) is 8.45. The van der Waals surface area contributed by atoms with Crippen molar-refractivity contribution in [3.05, 3.63) is 34.6 Å². The normalized spacial score (nSPS) is 17.7. The van der Waals surface area contributed by atoms with Crippen molar-refractivity contribution in [2.45, 2.75) is 33.2 Å². The second-order valence-electron chi connectivity index (χ2n) is 8.06. The Balaban J connectivity index is 1.44. The van der Waals surface area contributed by atoms with E-state index in [9.17, 15) is 0 Å². The number of hydrogen-bond donors (Lipinski definition) is 1. The average Bonchev–Trinajstić information content (AvgIpc) is 3.38. The fraction of sp³-hybridized carbons (Fsp3) is 0.500. The summed E-state index contributed by atoms with van der Waals surface area (Å²) in [6.45, 7) is 10.7. The number of ether oxygens (including phenoxy) is 1. The van der Waals surface area contributed by atoms with Crippen LogP contribution < -0.4 is 10.2 Å². The molecule has 2 aliphatic heterocycles. The predicted molar refractivity (Wildman–Crippen MR) is 122 cm³/mol. The van der Waals surface area contributed by atoms with Crippen LogP contribution in [0.3, 0.4) is 0 Å². The molecule has 2 aliphatic rings. The van der Waals surface area contributed by atoms with E-state index in [4.69, 9.17) is 14.7 Å². The smallest absolute Gasteiger partial charge is 0.146 e. The SMILES string of the molecule is Cc1sc2nc(CN3CCOCC3)nc(Nc3ccc(N4CCCC4)nc3)c2c1C. The molecule has 2 saturated heterocycles. The van der Waals surface area contributed by atoms with Gasteiger partial charge in [0.1, 0.15) is 22.3 Å². The Labute approximate surface area is 181 Å². The van der Waals surface area contributed by atoms with Crippen LogP contribution in [-0.4, -0.2) is 59.2 Å². The van der Waals surface area contributed by atoms with Gasteiger partial charge in [0.15, 0.2) is 0 Å². The Morgan fingerprint density at radius 3 is 2.60 bits per heavy atom. The van der Waals surface area contributed by atoms with Crippen LogP contribution in [0.15, 0.2) is 18.3 Å². The highest BCUT2D eigenvalue weighted by Gasteiger charge is 2.18. The van der Waals surface area contributed by atoms with E-state index in [0.717, 1.165) is 79.3 Å². The molecule has 0 saturated carbocycles. The molecule has 0 bridgehead atoms. The monoisotopic (exact) mass is 424 g/mol. The predicted octanol–water partition coefficient (Wildman–Crippen LogP) is 3.88. The van der Waals surface area contributed by atoms with Crippen molar-refractivity contribution < 1.29 is 4.74 Å². The van der Waals surface area contributed by atoms with Gasteiger partial charge in [0.2, 0.25) is 0 Å². The molecule has 5 rings (SSSR count). The number of pyridine rings is 1. The van der Waals surface area contributed by atoms with E-state index in [1.54, 1.807) is 11.3 Å². The first kappa shape index (κ1) is 19.7. The lowest BCUT2D eigenvalue weighted by atomic mass is 10.2. The third-order valence-electron chi connectivity index (χ3n) is 5.98. The van der Waals surface area contributed by atoms with E-state index in [2.05, 4.69) is 46.1 Å². The maximum Gasteiger partial charge on any atom is 0.146 e. The Hall–Kier alpha value is -2.29. The summed E-state index contributed by atoms with van der Waals surface area (Å²) in [5.74, 6) is 2.79. The van der Waals surface area contributed by atoms with Crippen LogP contribution in [0.25, 0.3) is 10.2 Å². The molecule has 8 heteroatoms. The summed E-state index contributed by atoms with van der Waals surface area (Å²) in [6, 6.07) is 4.21. The largest absolute Gasteiger partial charge is 0.379 e. The number of thiophene rings is 1. The summed E-state index contributed by atoms with van der Waals surface area (Å²) >= 11 is 1.74. The van der Waals surface area contributed by atoms with E-state index >= 15 is 0 Å². The van der Waals surface area contributed by atoms with Crippen LogP contribution in [0.5, 0.6) is 0 Å². The van der Waals surface area contributed by atoms with Crippen molar-refractivity contribution >= 4 is 38.9 Å². The Bertz CT molecular complexity index is 1020. The molecule has 158 valence electrons. The van der Waals surface area contributed by atoms with Crippen molar-refractivity contribution in [3.8, 4) is 0 Å². The maximum atomic E-state index is 5.47. The van der Waals surface area contributed by atoms with Crippen molar-refractivity contribution in [1.29, 1.82) is 0 Å². The van der Waals surface area contributed by atoms with Gasteiger partial charge in [-0.3, -0.25) is 4.90 Å². The maximum absolute atomic E-state index is 5.47. The molecule has 3 aromatic heterocycles. The van der Waals surface area contributed by atoms with Crippen LogP contribution >= 0.6 is 11.3 Å².